The highest BCUT2D eigenvalue weighted by Crippen LogP contribution is 2.35. The lowest BCUT2D eigenvalue weighted by atomic mass is 9.74. The second-order valence-electron chi connectivity index (χ2n) is 7.74. The number of carboxylic acids is 1. The van der Waals surface area contributed by atoms with Gasteiger partial charge in [0.05, 0.1) is 12.0 Å². The summed E-state index contributed by atoms with van der Waals surface area (Å²) in [6.07, 6.45) is 10.9. The van der Waals surface area contributed by atoms with E-state index < -0.39 is 5.97 Å². The first-order valence-electron chi connectivity index (χ1n) is 9.40. The molecule has 3 fully saturated rings. The second-order valence-corrected chi connectivity index (χ2v) is 7.74. The van der Waals surface area contributed by atoms with Crippen molar-refractivity contribution < 1.29 is 14.7 Å². The maximum Gasteiger partial charge on any atom is 0.306 e. The lowest BCUT2D eigenvalue weighted by Crippen LogP contribution is -2.51. The zero-order valence-corrected chi connectivity index (χ0v) is 13.9. The van der Waals surface area contributed by atoms with E-state index in [1.165, 1.54) is 38.5 Å². The van der Waals surface area contributed by atoms with Gasteiger partial charge >= 0.3 is 5.97 Å². The fourth-order valence-electron chi connectivity index (χ4n) is 4.82. The summed E-state index contributed by atoms with van der Waals surface area (Å²) in [5, 5.41) is 15.5. The average molecular weight is 322 g/mol. The molecule has 23 heavy (non-hydrogen) atoms. The van der Waals surface area contributed by atoms with Crippen molar-refractivity contribution in [2.45, 2.75) is 76.3 Å². The minimum absolute atomic E-state index is 0.0421. The molecule has 0 spiro atoms. The Balaban J connectivity index is 1.48. The molecule has 3 rings (SSSR count). The zero-order chi connectivity index (χ0) is 16.2. The van der Waals surface area contributed by atoms with E-state index in [9.17, 15) is 9.59 Å². The largest absolute Gasteiger partial charge is 0.481 e. The number of amides is 1. The molecular formula is C18H30N2O3. The Morgan fingerprint density at radius 3 is 2.39 bits per heavy atom. The third-order valence-electron chi connectivity index (χ3n) is 6.21. The van der Waals surface area contributed by atoms with Crippen molar-refractivity contribution in [2.75, 3.05) is 6.54 Å². The van der Waals surface area contributed by atoms with Crippen LogP contribution in [0.3, 0.4) is 0 Å². The fraction of sp³-hybridized carbons (Fsp3) is 0.889. The van der Waals surface area contributed by atoms with Crippen molar-refractivity contribution >= 4 is 11.9 Å². The third kappa shape index (κ3) is 4.25. The van der Waals surface area contributed by atoms with E-state index in [0.717, 1.165) is 25.3 Å². The van der Waals surface area contributed by atoms with Crippen molar-refractivity contribution in [3.05, 3.63) is 0 Å². The molecule has 1 aliphatic heterocycles. The number of carboxylic acid groups (broad SMARTS) is 1. The van der Waals surface area contributed by atoms with Gasteiger partial charge in [-0.1, -0.05) is 32.1 Å². The molecule has 0 bridgehead atoms. The van der Waals surface area contributed by atoms with E-state index >= 15 is 0 Å². The molecule has 2 saturated carbocycles. The Bertz CT molecular complexity index is 434. The normalized spacial score (nSPS) is 35.8. The van der Waals surface area contributed by atoms with Gasteiger partial charge in [-0.05, 0) is 50.5 Å². The molecule has 0 aromatic carbocycles. The summed E-state index contributed by atoms with van der Waals surface area (Å²) in [4.78, 5) is 23.6. The summed E-state index contributed by atoms with van der Waals surface area (Å²) in [7, 11) is 0. The van der Waals surface area contributed by atoms with Crippen LogP contribution in [0.5, 0.6) is 0 Å². The molecular weight excluding hydrogens is 292 g/mol. The third-order valence-corrected chi connectivity index (χ3v) is 6.21. The van der Waals surface area contributed by atoms with Gasteiger partial charge in [-0.25, -0.2) is 0 Å². The van der Waals surface area contributed by atoms with Crippen LogP contribution in [0.2, 0.25) is 0 Å². The lowest BCUT2D eigenvalue weighted by molar-refractivity contribution is -0.141. The van der Waals surface area contributed by atoms with Crippen LogP contribution in [-0.4, -0.2) is 35.6 Å². The van der Waals surface area contributed by atoms with E-state index in [1.807, 2.05) is 0 Å². The molecule has 1 saturated heterocycles. The van der Waals surface area contributed by atoms with Crippen LogP contribution < -0.4 is 10.6 Å². The Labute approximate surface area is 138 Å². The summed E-state index contributed by atoms with van der Waals surface area (Å²) < 4.78 is 0. The highest BCUT2D eigenvalue weighted by Gasteiger charge is 2.35. The molecule has 0 aromatic heterocycles. The molecule has 5 nitrogen and oxygen atoms in total. The first kappa shape index (κ1) is 16.7. The van der Waals surface area contributed by atoms with Gasteiger partial charge in [0.15, 0.2) is 0 Å². The highest BCUT2D eigenvalue weighted by atomic mass is 16.4. The van der Waals surface area contributed by atoms with Gasteiger partial charge in [0.2, 0.25) is 5.91 Å². The molecule has 2 aliphatic carbocycles. The van der Waals surface area contributed by atoms with Gasteiger partial charge in [0, 0.05) is 6.04 Å². The van der Waals surface area contributed by atoms with Crippen molar-refractivity contribution in [3.8, 4) is 0 Å². The van der Waals surface area contributed by atoms with E-state index in [0.29, 0.717) is 18.8 Å². The summed E-state index contributed by atoms with van der Waals surface area (Å²) in [5.74, 6) is 0.567. The predicted molar refractivity (Wildman–Crippen MR) is 88.0 cm³/mol. The topological polar surface area (TPSA) is 78.4 Å². The van der Waals surface area contributed by atoms with E-state index in [4.69, 9.17) is 5.11 Å². The average Bonchev–Trinajstić information content (AvgIpc) is 3.04. The Kier molecular flexibility index (Phi) is 5.57. The molecule has 5 heteroatoms. The number of hydrogen-bond acceptors (Lipinski definition) is 3. The molecule has 3 N–H and O–H groups in total. The summed E-state index contributed by atoms with van der Waals surface area (Å²) >= 11 is 0. The monoisotopic (exact) mass is 322 g/mol. The van der Waals surface area contributed by atoms with Crippen LogP contribution in [-0.2, 0) is 9.59 Å². The number of carbonyl (C=O) groups excluding carboxylic acids is 1. The number of piperidine rings is 1. The Hall–Kier alpha value is -1.10. The van der Waals surface area contributed by atoms with Crippen LogP contribution in [0, 0.1) is 17.8 Å². The molecule has 1 amide bonds. The molecule has 2 unspecified atom stereocenters. The molecule has 0 aromatic rings. The van der Waals surface area contributed by atoms with Crippen LogP contribution in [0.4, 0.5) is 0 Å². The number of hydrogen-bond donors (Lipinski definition) is 3. The minimum atomic E-state index is -0.727. The summed E-state index contributed by atoms with van der Waals surface area (Å²) in [5.41, 5.74) is 0. The van der Waals surface area contributed by atoms with Gasteiger partial charge in [-0.2, -0.15) is 0 Å². The van der Waals surface area contributed by atoms with Crippen molar-refractivity contribution in [2.24, 2.45) is 17.8 Å². The maximum atomic E-state index is 12.5. The SMILES string of the molecule is O=C(N[C@H]1CC[C@@H](C(=O)O)C1)C1CC(C2CCCCC2)CCN1. The van der Waals surface area contributed by atoms with Crippen molar-refractivity contribution in [3.63, 3.8) is 0 Å². The maximum absolute atomic E-state index is 12.5. The standard InChI is InChI=1S/C18H30N2O3/c21-17(20-15-7-6-14(10-15)18(22)23)16-11-13(8-9-19-16)12-4-2-1-3-5-12/h12-16,19H,1-11H2,(H,20,21)(H,22,23)/t13?,14-,15+,16?/m1/s1. The smallest absolute Gasteiger partial charge is 0.306 e. The quantitative estimate of drug-likeness (QED) is 0.742. The minimum Gasteiger partial charge on any atom is -0.481 e. The van der Waals surface area contributed by atoms with Gasteiger partial charge in [0.1, 0.15) is 0 Å². The predicted octanol–water partition coefficient (Wildman–Crippen LogP) is 2.30. The van der Waals surface area contributed by atoms with Crippen molar-refractivity contribution in [1.82, 2.24) is 10.6 Å². The fourth-order valence-corrected chi connectivity index (χ4v) is 4.82. The number of rotatable bonds is 4. The summed E-state index contributed by atoms with van der Waals surface area (Å²) in [6, 6.07) is -0.0417. The lowest BCUT2D eigenvalue weighted by Gasteiger charge is -2.36. The number of nitrogens with one attached hydrogen (secondary N) is 2. The van der Waals surface area contributed by atoms with Crippen LogP contribution in [0.15, 0.2) is 0 Å². The Morgan fingerprint density at radius 2 is 1.70 bits per heavy atom. The van der Waals surface area contributed by atoms with Gasteiger partial charge in [0.25, 0.3) is 0 Å². The van der Waals surface area contributed by atoms with Gasteiger partial charge in [-0.15, -0.1) is 0 Å². The highest BCUT2D eigenvalue weighted by molar-refractivity contribution is 5.82. The molecule has 130 valence electrons. The molecule has 1 heterocycles. The van der Waals surface area contributed by atoms with Gasteiger partial charge < -0.3 is 15.7 Å². The van der Waals surface area contributed by atoms with E-state index in [1.54, 1.807) is 0 Å². The van der Waals surface area contributed by atoms with E-state index in [-0.39, 0.29) is 23.9 Å². The Morgan fingerprint density at radius 1 is 0.913 bits per heavy atom. The van der Waals surface area contributed by atoms with Crippen LogP contribution in [0.25, 0.3) is 0 Å². The van der Waals surface area contributed by atoms with E-state index in [2.05, 4.69) is 10.6 Å². The zero-order valence-electron chi connectivity index (χ0n) is 13.9. The molecule has 0 radical (unpaired) electrons. The first-order chi connectivity index (χ1) is 11.1. The van der Waals surface area contributed by atoms with Gasteiger partial charge in [-0.3, -0.25) is 9.59 Å². The first-order valence-corrected chi connectivity index (χ1v) is 9.40. The van der Waals surface area contributed by atoms with Crippen molar-refractivity contribution in [1.29, 1.82) is 0 Å². The number of aliphatic carboxylic acids is 1. The van der Waals surface area contributed by atoms with Crippen LogP contribution >= 0.6 is 0 Å². The number of carbonyl (C=O) groups is 2. The second kappa shape index (κ2) is 7.65. The summed E-state index contributed by atoms with van der Waals surface area (Å²) in [6.45, 7) is 0.932. The molecule has 4 atom stereocenters. The van der Waals surface area contributed by atoms with Crippen LogP contribution in [0.1, 0.15) is 64.2 Å². The molecule has 3 aliphatic rings.